The zero-order valence-electron chi connectivity index (χ0n) is 12.9. The first kappa shape index (κ1) is 14.0. The van der Waals surface area contributed by atoms with Crippen molar-refractivity contribution in [2.24, 2.45) is 5.92 Å². The van der Waals surface area contributed by atoms with E-state index in [2.05, 4.69) is 36.0 Å². The number of carbonyl (C=O) groups is 1. The Morgan fingerprint density at radius 1 is 1.33 bits per heavy atom. The van der Waals surface area contributed by atoms with E-state index in [1.165, 1.54) is 0 Å². The van der Waals surface area contributed by atoms with E-state index in [1.807, 2.05) is 24.3 Å². The first-order valence-electron chi connectivity index (χ1n) is 7.67. The van der Waals surface area contributed by atoms with Gasteiger partial charge in [0.05, 0.1) is 5.52 Å². The standard InChI is InChI=1S/C16H22N4O/c1-11(2)12(3)20(13-8-9-13)16(21)10-19-15-7-5-4-6-14(15)17-18-19/h4-7,11-13H,8-10H2,1-3H3/t12-/m1/s1. The lowest BCUT2D eigenvalue weighted by molar-refractivity contribution is -0.135. The van der Waals surface area contributed by atoms with Gasteiger partial charge in [-0.15, -0.1) is 5.10 Å². The Labute approximate surface area is 124 Å². The molecule has 1 amide bonds. The third kappa shape index (κ3) is 2.77. The molecular formula is C16H22N4O. The van der Waals surface area contributed by atoms with Gasteiger partial charge in [-0.2, -0.15) is 0 Å². The molecule has 0 N–H and O–H groups in total. The van der Waals surface area contributed by atoms with Crippen LogP contribution in [0.3, 0.4) is 0 Å². The van der Waals surface area contributed by atoms with E-state index in [0.717, 1.165) is 23.9 Å². The molecular weight excluding hydrogens is 264 g/mol. The molecule has 1 saturated carbocycles. The Hall–Kier alpha value is -1.91. The maximum absolute atomic E-state index is 12.7. The quantitative estimate of drug-likeness (QED) is 0.848. The van der Waals surface area contributed by atoms with Gasteiger partial charge >= 0.3 is 0 Å². The molecule has 1 aromatic carbocycles. The van der Waals surface area contributed by atoms with Gasteiger partial charge in [-0.1, -0.05) is 31.2 Å². The largest absolute Gasteiger partial charge is 0.335 e. The van der Waals surface area contributed by atoms with E-state index >= 15 is 0 Å². The van der Waals surface area contributed by atoms with Crippen LogP contribution in [0.5, 0.6) is 0 Å². The molecule has 0 radical (unpaired) electrons. The summed E-state index contributed by atoms with van der Waals surface area (Å²) in [6.45, 7) is 6.74. The van der Waals surface area contributed by atoms with Crippen LogP contribution in [0.15, 0.2) is 24.3 Å². The second-order valence-corrected chi connectivity index (χ2v) is 6.25. The van der Waals surface area contributed by atoms with E-state index < -0.39 is 0 Å². The minimum absolute atomic E-state index is 0.148. The first-order chi connectivity index (χ1) is 10.1. The van der Waals surface area contributed by atoms with Crippen molar-refractivity contribution in [2.75, 3.05) is 0 Å². The van der Waals surface area contributed by atoms with Crippen molar-refractivity contribution < 1.29 is 4.79 Å². The van der Waals surface area contributed by atoms with E-state index in [4.69, 9.17) is 0 Å². The highest BCUT2D eigenvalue weighted by atomic mass is 16.2. The fraction of sp³-hybridized carbons (Fsp3) is 0.562. The summed E-state index contributed by atoms with van der Waals surface area (Å²) in [4.78, 5) is 14.8. The Kier molecular flexibility index (Phi) is 3.66. The van der Waals surface area contributed by atoms with Crippen molar-refractivity contribution in [3.63, 3.8) is 0 Å². The number of amides is 1. The SMILES string of the molecule is CC(C)[C@@H](C)N(C(=O)Cn1nnc2ccccc21)C1CC1. The van der Waals surface area contributed by atoms with Crippen LogP contribution in [-0.2, 0) is 11.3 Å². The number of nitrogens with zero attached hydrogens (tertiary/aromatic N) is 4. The van der Waals surface area contributed by atoms with Gasteiger partial charge < -0.3 is 4.90 Å². The zero-order valence-corrected chi connectivity index (χ0v) is 12.9. The molecule has 0 unspecified atom stereocenters. The molecule has 5 heteroatoms. The highest BCUT2D eigenvalue weighted by Gasteiger charge is 2.36. The van der Waals surface area contributed by atoms with Crippen molar-refractivity contribution in [1.29, 1.82) is 0 Å². The zero-order chi connectivity index (χ0) is 15.0. The number of hydrogen-bond acceptors (Lipinski definition) is 3. The summed E-state index contributed by atoms with van der Waals surface area (Å²) >= 11 is 0. The Morgan fingerprint density at radius 3 is 2.71 bits per heavy atom. The lowest BCUT2D eigenvalue weighted by atomic mass is 10.0. The average molecular weight is 286 g/mol. The Balaban J connectivity index is 1.81. The van der Waals surface area contributed by atoms with Crippen LogP contribution in [0.2, 0.25) is 0 Å². The third-order valence-corrected chi connectivity index (χ3v) is 4.34. The Morgan fingerprint density at radius 2 is 2.05 bits per heavy atom. The lowest BCUT2D eigenvalue weighted by Crippen LogP contribution is -2.44. The fourth-order valence-electron chi connectivity index (χ4n) is 2.68. The maximum atomic E-state index is 12.7. The number of rotatable bonds is 5. The predicted molar refractivity (Wildman–Crippen MR) is 81.7 cm³/mol. The average Bonchev–Trinajstić information content (AvgIpc) is 3.21. The summed E-state index contributed by atoms with van der Waals surface area (Å²) in [5.74, 6) is 0.608. The van der Waals surface area contributed by atoms with Crippen molar-refractivity contribution in [2.45, 2.75) is 52.2 Å². The molecule has 0 aliphatic heterocycles. The van der Waals surface area contributed by atoms with Crippen molar-refractivity contribution >= 4 is 16.9 Å². The highest BCUT2D eigenvalue weighted by molar-refractivity contribution is 5.80. The monoisotopic (exact) mass is 286 g/mol. The highest BCUT2D eigenvalue weighted by Crippen LogP contribution is 2.31. The summed E-state index contributed by atoms with van der Waals surface area (Å²) < 4.78 is 1.71. The van der Waals surface area contributed by atoms with Gasteiger partial charge in [-0.25, -0.2) is 4.68 Å². The number of hydrogen-bond donors (Lipinski definition) is 0. The van der Waals surface area contributed by atoms with Crippen LogP contribution < -0.4 is 0 Å². The normalized spacial score (nSPS) is 16.4. The van der Waals surface area contributed by atoms with E-state index in [9.17, 15) is 4.79 Å². The molecule has 5 nitrogen and oxygen atoms in total. The smallest absolute Gasteiger partial charge is 0.244 e. The minimum atomic E-state index is 0.148. The van der Waals surface area contributed by atoms with Gasteiger partial charge in [-0.05, 0) is 37.8 Å². The molecule has 1 atom stereocenters. The van der Waals surface area contributed by atoms with Gasteiger partial charge in [0, 0.05) is 12.1 Å². The summed E-state index contributed by atoms with van der Waals surface area (Å²) in [5.41, 5.74) is 1.75. The van der Waals surface area contributed by atoms with Gasteiger partial charge in [0.25, 0.3) is 0 Å². The molecule has 1 aromatic heterocycles. The third-order valence-electron chi connectivity index (χ3n) is 4.34. The van der Waals surface area contributed by atoms with Crippen LogP contribution in [0.25, 0.3) is 11.0 Å². The number of carbonyl (C=O) groups excluding carboxylic acids is 1. The molecule has 1 heterocycles. The summed E-state index contributed by atoms with van der Waals surface area (Å²) in [7, 11) is 0. The predicted octanol–water partition coefficient (Wildman–Crippen LogP) is 2.47. The van der Waals surface area contributed by atoms with Crippen LogP contribution in [0, 0.1) is 5.92 Å². The topological polar surface area (TPSA) is 51.0 Å². The molecule has 3 rings (SSSR count). The second kappa shape index (κ2) is 5.47. The van der Waals surface area contributed by atoms with Crippen LogP contribution >= 0.6 is 0 Å². The lowest BCUT2D eigenvalue weighted by Gasteiger charge is -2.32. The fourth-order valence-corrected chi connectivity index (χ4v) is 2.68. The van der Waals surface area contributed by atoms with Crippen LogP contribution in [-0.4, -0.2) is 37.9 Å². The van der Waals surface area contributed by atoms with Gasteiger partial charge in [0.15, 0.2) is 0 Å². The molecule has 112 valence electrons. The molecule has 0 spiro atoms. The second-order valence-electron chi connectivity index (χ2n) is 6.25. The summed E-state index contributed by atoms with van der Waals surface area (Å²) in [6.07, 6.45) is 2.25. The number of fused-ring (bicyclic) bond motifs is 1. The Bertz CT molecular complexity index is 645. The first-order valence-corrected chi connectivity index (χ1v) is 7.67. The molecule has 1 aliphatic rings. The van der Waals surface area contributed by atoms with Gasteiger partial charge in [0.1, 0.15) is 12.1 Å². The summed E-state index contributed by atoms with van der Waals surface area (Å²) in [6, 6.07) is 8.43. The van der Waals surface area contributed by atoms with Crippen LogP contribution in [0.4, 0.5) is 0 Å². The molecule has 2 aromatic rings. The molecule has 1 fully saturated rings. The molecule has 0 saturated heterocycles. The number of aromatic nitrogens is 3. The molecule has 0 bridgehead atoms. The van der Waals surface area contributed by atoms with Gasteiger partial charge in [-0.3, -0.25) is 4.79 Å². The minimum Gasteiger partial charge on any atom is -0.335 e. The molecule has 1 aliphatic carbocycles. The van der Waals surface area contributed by atoms with E-state index in [0.29, 0.717) is 12.0 Å². The van der Waals surface area contributed by atoms with Crippen molar-refractivity contribution in [3.8, 4) is 0 Å². The van der Waals surface area contributed by atoms with Crippen LogP contribution in [0.1, 0.15) is 33.6 Å². The number of para-hydroxylation sites is 1. The van der Waals surface area contributed by atoms with E-state index in [-0.39, 0.29) is 18.5 Å². The maximum Gasteiger partial charge on any atom is 0.244 e. The van der Waals surface area contributed by atoms with E-state index in [1.54, 1.807) is 4.68 Å². The van der Waals surface area contributed by atoms with Crippen molar-refractivity contribution in [1.82, 2.24) is 19.9 Å². The number of benzene rings is 1. The molecule has 21 heavy (non-hydrogen) atoms. The van der Waals surface area contributed by atoms with Crippen molar-refractivity contribution in [3.05, 3.63) is 24.3 Å². The van der Waals surface area contributed by atoms with Gasteiger partial charge in [0.2, 0.25) is 5.91 Å². The summed E-state index contributed by atoms with van der Waals surface area (Å²) in [5, 5.41) is 8.23.